The summed E-state index contributed by atoms with van der Waals surface area (Å²) in [5.41, 5.74) is 1.44. The van der Waals surface area contributed by atoms with Crippen molar-refractivity contribution in [1.82, 2.24) is 4.57 Å². The standard InChI is InChI=1S/C13H13NO4/c1-8-3-4-9-5-6-14(7-10(15)18-2)12(9)11(8)13(16)17/h3-6H,7H2,1-2H3,(H,16,17). The van der Waals surface area contributed by atoms with Crippen molar-refractivity contribution < 1.29 is 19.4 Å². The summed E-state index contributed by atoms with van der Waals surface area (Å²) in [5.74, 6) is -1.41. The number of aromatic carboxylic acids is 1. The molecule has 1 N–H and O–H groups in total. The number of hydrogen-bond acceptors (Lipinski definition) is 3. The number of methoxy groups -OCH3 is 1. The third-order valence-electron chi connectivity index (χ3n) is 2.88. The molecular weight excluding hydrogens is 234 g/mol. The van der Waals surface area contributed by atoms with Crippen LogP contribution in [-0.4, -0.2) is 28.7 Å². The number of hydrogen-bond donors (Lipinski definition) is 1. The van der Waals surface area contributed by atoms with Crippen molar-refractivity contribution in [2.24, 2.45) is 0 Å². The van der Waals surface area contributed by atoms with Crippen LogP contribution >= 0.6 is 0 Å². The summed E-state index contributed by atoms with van der Waals surface area (Å²) in [6.45, 7) is 1.74. The Bertz CT molecular complexity index is 627. The zero-order valence-corrected chi connectivity index (χ0v) is 10.1. The number of aryl methyl sites for hydroxylation is 1. The van der Waals surface area contributed by atoms with Crippen LogP contribution in [0.4, 0.5) is 0 Å². The van der Waals surface area contributed by atoms with E-state index in [9.17, 15) is 14.7 Å². The average molecular weight is 247 g/mol. The molecule has 1 aromatic carbocycles. The molecule has 0 aliphatic carbocycles. The molecule has 0 atom stereocenters. The first kappa shape index (κ1) is 12.2. The monoisotopic (exact) mass is 247 g/mol. The number of carboxylic acid groups (broad SMARTS) is 1. The molecule has 0 unspecified atom stereocenters. The second kappa shape index (κ2) is 4.52. The molecule has 0 amide bonds. The summed E-state index contributed by atoms with van der Waals surface area (Å²) in [5, 5.41) is 10.1. The Kier molecular flexibility index (Phi) is 3.06. The zero-order valence-electron chi connectivity index (χ0n) is 10.1. The van der Waals surface area contributed by atoms with E-state index in [1.165, 1.54) is 7.11 Å². The van der Waals surface area contributed by atoms with Gasteiger partial charge in [0, 0.05) is 11.6 Å². The van der Waals surface area contributed by atoms with Gasteiger partial charge in [-0.2, -0.15) is 0 Å². The third kappa shape index (κ3) is 1.95. The van der Waals surface area contributed by atoms with Crippen molar-refractivity contribution in [1.29, 1.82) is 0 Å². The number of carbonyl (C=O) groups excluding carboxylic acids is 1. The molecule has 0 fully saturated rings. The second-order valence-electron chi connectivity index (χ2n) is 4.02. The van der Waals surface area contributed by atoms with Crippen LogP contribution < -0.4 is 0 Å². The summed E-state index contributed by atoms with van der Waals surface area (Å²) < 4.78 is 6.19. The van der Waals surface area contributed by atoms with Crippen LogP contribution in [0, 0.1) is 6.92 Å². The molecule has 94 valence electrons. The molecule has 0 saturated carbocycles. The summed E-state index contributed by atoms with van der Waals surface area (Å²) >= 11 is 0. The maximum absolute atomic E-state index is 11.3. The van der Waals surface area contributed by atoms with Gasteiger partial charge in [0.05, 0.1) is 18.2 Å². The molecule has 2 rings (SSSR count). The first-order valence-electron chi connectivity index (χ1n) is 5.43. The van der Waals surface area contributed by atoms with Gasteiger partial charge in [-0.05, 0) is 18.6 Å². The smallest absolute Gasteiger partial charge is 0.338 e. The van der Waals surface area contributed by atoms with Crippen molar-refractivity contribution in [2.45, 2.75) is 13.5 Å². The van der Waals surface area contributed by atoms with E-state index in [2.05, 4.69) is 4.74 Å². The predicted octanol–water partition coefficient (Wildman–Crippen LogP) is 1.82. The molecule has 0 aliphatic heterocycles. The van der Waals surface area contributed by atoms with Crippen molar-refractivity contribution >= 4 is 22.8 Å². The molecule has 1 aromatic heterocycles. The molecule has 18 heavy (non-hydrogen) atoms. The van der Waals surface area contributed by atoms with Gasteiger partial charge in [0.15, 0.2) is 0 Å². The highest BCUT2D eigenvalue weighted by Crippen LogP contribution is 2.23. The van der Waals surface area contributed by atoms with E-state index in [-0.39, 0.29) is 12.1 Å². The Morgan fingerprint density at radius 1 is 1.33 bits per heavy atom. The fourth-order valence-corrected chi connectivity index (χ4v) is 2.00. The van der Waals surface area contributed by atoms with Crippen molar-refractivity contribution in [3.8, 4) is 0 Å². The quantitative estimate of drug-likeness (QED) is 0.840. The molecule has 0 aliphatic rings. The number of esters is 1. The Hall–Kier alpha value is -2.30. The average Bonchev–Trinajstić information content (AvgIpc) is 2.71. The van der Waals surface area contributed by atoms with Gasteiger partial charge in [-0.1, -0.05) is 12.1 Å². The fourth-order valence-electron chi connectivity index (χ4n) is 2.00. The lowest BCUT2D eigenvalue weighted by Gasteiger charge is -2.08. The van der Waals surface area contributed by atoms with Crippen LogP contribution in [-0.2, 0) is 16.1 Å². The van der Waals surface area contributed by atoms with Gasteiger partial charge >= 0.3 is 11.9 Å². The van der Waals surface area contributed by atoms with Crippen LogP contribution in [0.5, 0.6) is 0 Å². The predicted molar refractivity (Wildman–Crippen MR) is 65.7 cm³/mol. The highest BCUT2D eigenvalue weighted by molar-refractivity contribution is 6.04. The highest BCUT2D eigenvalue weighted by atomic mass is 16.5. The summed E-state index contributed by atoms with van der Waals surface area (Å²) in [6.07, 6.45) is 1.69. The molecule has 0 saturated heterocycles. The number of benzene rings is 1. The molecule has 5 heteroatoms. The number of carbonyl (C=O) groups is 2. The van der Waals surface area contributed by atoms with Crippen LogP contribution in [0.15, 0.2) is 24.4 Å². The number of aromatic nitrogens is 1. The van der Waals surface area contributed by atoms with Crippen LogP contribution in [0.2, 0.25) is 0 Å². The normalized spacial score (nSPS) is 10.6. The molecule has 2 aromatic rings. The largest absolute Gasteiger partial charge is 0.478 e. The SMILES string of the molecule is COC(=O)Cn1ccc2ccc(C)c(C(=O)O)c21. The van der Waals surface area contributed by atoms with Crippen LogP contribution in [0.25, 0.3) is 10.9 Å². The summed E-state index contributed by atoms with van der Waals surface area (Å²) in [4.78, 5) is 22.6. The number of fused-ring (bicyclic) bond motifs is 1. The van der Waals surface area contributed by atoms with Gasteiger partial charge < -0.3 is 14.4 Å². The van der Waals surface area contributed by atoms with Gasteiger partial charge in [-0.3, -0.25) is 4.79 Å². The first-order valence-corrected chi connectivity index (χ1v) is 5.43. The first-order chi connectivity index (χ1) is 8.54. The number of ether oxygens (including phenoxy) is 1. The zero-order chi connectivity index (χ0) is 13.3. The third-order valence-corrected chi connectivity index (χ3v) is 2.88. The lowest BCUT2D eigenvalue weighted by atomic mass is 10.1. The van der Waals surface area contributed by atoms with Crippen LogP contribution in [0.3, 0.4) is 0 Å². The Balaban J connectivity index is 2.65. The lowest BCUT2D eigenvalue weighted by Crippen LogP contribution is -2.12. The van der Waals surface area contributed by atoms with Gasteiger partial charge in [0.1, 0.15) is 6.54 Å². The fraction of sp³-hybridized carbons (Fsp3) is 0.231. The molecule has 1 heterocycles. The van der Waals surface area contributed by atoms with Gasteiger partial charge in [-0.25, -0.2) is 4.79 Å². The number of carboxylic acids is 1. The van der Waals surface area contributed by atoms with Crippen molar-refractivity contribution in [3.05, 3.63) is 35.5 Å². The van der Waals surface area contributed by atoms with E-state index in [4.69, 9.17) is 0 Å². The van der Waals surface area contributed by atoms with Crippen molar-refractivity contribution in [2.75, 3.05) is 7.11 Å². The van der Waals surface area contributed by atoms with E-state index in [0.29, 0.717) is 11.1 Å². The van der Waals surface area contributed by atoms with Crippen molar-refractivity contribution in [3.63, 3.8) is 0 Å². The summed E-state index contributed by atoms with van der Waals surface area (Å²) in [6, 6.07) is 5.38. The van der Waals surface area contributed by atoms with Crippen LogP contribution in [0.1, 0.15) is 15.9 Å². The highest BCUT2D eigenvalue weighted by Gasteiger charge is 2.16. The number of nitrogens with zero attached hydrogens (tertiary/aromatic N) is 1. The van der Waals surface area contributed by atoms with E-state index < -0.39 is 11.9 Å². The molecule has 0 spiro atoms. The van der Waals surface area contributed by atoms with Gasteiger partial charge in [0.2, 0.25) is 0 Å². The maximum Gasteiger partial charge on any atom is 0.338 e. The van der Waals surface area contributed by atoms with E-state index in [1.54, 1.807) is 29.8 Å². The molecule has 0 bridgehead atoms. The summed E-state index contributed by atoms with van der Waals surface area (Å²) in [7, 11) is 1.30. The minimum absolute atomic E-state index is 0.00370. The molecular formula is C13H13NO4. The van der Waals surface area contributed by atoms with E-state index in [1.807, 2.05) is 6.07 Å². The van der Waals surface area contributed by atoms with Gasteiger partial charge in [-0.15, -0.1) is 0 Å². The second-order valence-corrected chi connectivity index (χ2v) is 4.02. The van der Waals surface area contributed by atoms with E-state index >= 15 is 0 Å². The Labute approximate surface area is 104 Å². The Morgan fingerprint density at radius 3 is 2.67 bits per heavy atom. The van der Waals surface area contributed by atoms with E-state index in [0.717, 1.165) is 5.39 Å². The van der Waals surface area contributed by atoms with Gasteiger partial charge in [0.25, 0.3) is 0 Å². The Morgan fingerprint density at radius 2 is 2.06 bits per heavy atom. The molecule has 0 radical (unpaired) electrons. The maximum atomic E-state index is 11.3. The molecule has 5 nitrogen and oxygen atoms in total. The minimum atomic E-state index is -0.997. The topological polar surface area (TPSA) is 68.5 Å². The minimum Gasteiger partial charge on any atom is -0.478 e. The lowest BCUT2D eigenvalue weighted by molar-refractivity contribution is -0.141. The number of rotatable bonds is 3.